The summed E-state index contributed by atoms with van der Waals surface area (Å²) >= 11 is 9.16. The van der Waals surface area contributed by atoms with Crippen molar-refractivity contribution in [3.05, 3.63) is 112 Å². The normalized spacial score (nSPS) is 18.1. The van der Waals surface area contributed by atoms with Crippen LogP contribution in [0.2, 0.25) is 0 Å². The van der Waals surface area contributed by atoms with Gasteiger partial charge in [0.15, 0.2) is 5.11 Å². The number of aromatic nitrogens is 1. The zero-order chi connectivity index (χ0) is 22.1. The van der Waals surface area contributed by atoms with E-state index < -0.39 is 0 Å². The summed E-state index contributed by atoms with van der Waals surface area (Å²) in [6, 6.07) is 24.1. The lowest BCUT2D eigenvalue weighted by Gasteiger charge is -2.26. The minimum absolute atomic E-state index is 0.164. The zero-order valence-electron chi connectivity index (χ0n) is 16.9. The number of furan rings is 1. The van der Waals surface area contributed by atoms with Crippen LogP contribution in [-0.2, 0) is 6.54 Å². The van der Waals surface area contributed by atoms with Crippen molar-refractivity contribution in [2.45, 2.75) is 18.6 Å². The van der Waals surface area contributed by atoms with E-state index in [0.717, 1.165) is 22.6 Å². The van der Waals surface area contributed by atoms with Crippen molar-refractivity contribution in [1.82, 2.24) is 15.2 Å². The number of rotatable bonds is 5. The molecule has 2 atom stereocenters. The summed E-state index contributed by atoms with van der Waals surface area (Å²) in [4.78, 5) is 6.69. The van der Waals surface area contributed by atoms with E-state index in [1.807, 2.05) is 48.5 Å². The van der Waals surface area contributed by atoms with Gasteiger partial charge in [-0.3, -0.25) is 4.98 Å². The van der Waals surface area contributed by atoms with Crippen molar-refractivity contribution in [3.8, 4) is 11.3 Å². The first kappa shape index (κ1) is 20.8. The van der Waals surface area contributed by atoms with Crippen LogP contribution < -0.4 is 5.32 Å². The van der Waals surface area contributed by atoms with Gasteiger partial charge >= 0.3 is 0 Å². The molecule has 2 aromatic carbocycles. The molecule has 1 N–H and O–H groups in total. The minimum atomic E-state index is -0.304. The molecule has 1 saturated heterocycles. The third kappa shape index (κ3) is 4.06. The molecule has 4 nitrogen and oxygen atoms in total. The van der Waals surface area contributed by atoms with Gasteiger partial charge in [0.25, 0.3) is 0 Å². The van der Waals surface area contributed by atoms with Gasteiger partial charge in [-0.1, -0.05) is 36.4 Å². The Kier molecular flexibility index (Phi) is 5.76. The van der Waals surface area contributed by atoms with Gasteiger partial charge in [0, 0.05) is 22.8 Å². The van der Waals surface area contributed by atoms with E-state index in [1.165, 1.54) is 12.1 Å². The van der Waals surface area contributed by atoms with Crippen molar-refractivity contribution < 1.29 is 8.81 Å². The van der Waals surface area contributed by atoms with Gasteiger partial charge in [-0.15, -0.1) is 0 Å². The number of nitrogens with zero attached hydrogens (tertiary/aromatic N) is 2. The van der Waals surface area contributed by atoms with E-state index in [2.05, 4.69) is 43.3 Å². The maximum Gasteiger partial charge on any atom is 0.170 e. The van der Waals surface area contributed by atoms with Crippen LogP contribution in [0.3, 0.4) is 0 Å². The monoisotopic (exact) mass is 507 g/mol. The molecule has 0 spiro atoms. The summed E-state index contributed by atoms with van der Waals surface area (Å²) in [7, 11) is 0. The summed E-state index contributed by atoms with van der Waals surface area (Å²) in [5.74, 6) is 1.11. The molecule has 0 saturated carbocycles. The highest BCUT2D eigenvalue weighted by molar-refractivity contribution is 9.10. The number of nitrogens with one attached hydrogen (secondary N) is 1. The lowest BCUT2D eigenvalue weighted by Crippen LogP contribution is -2.29. The Morgan fingerprint density at radius 1 is 1.03 bits per heavy atom. The fourth-order valence-electron chi connectivity index (χ4n) is 4.01. The Morgan fingerprint density at radius 3 is 2.59 bits per heavy atom. The molecule has 0 radical (unpaired) electrons. The lowest BCUT2D eigenvalue weighted by atomic mass is 10.0. The Labute approximate surface area is 199 Å². The Hall–Kier alpha value is -3.03. The number of pyridine rings is 1. The molecule has 1 fully saturated rings. The van der Waals surface area contributed by atoms with Crippen LogP contribution in [-0.4, -0.2) is 15.0 Å². The van der Waals surface area contributed by atoms with Gasteiger partial charge < -0.3 is 14.6 Å². The van der Waals surface area contributed by atoms with E-state index in [1.54, 1.807) is 12.3 Å². The number of hydrogen-bond donors (Lipinski definition) is 1. The fraction of sp³-hybridized carbons (Fsp3) is 0.120. The molecule has 32 heavy (non-hydrogen) atoms. The molecule has 0 aliphatic carbocycles. The lowest BCUT2D eigenvalue weighted by molar-refractivity contribution is 0.269. The van der Waals surface area contributed by atoms with Crippen molar-refractivity contribution in [2.75, 3.05) is 0 Å². The maximum atomic E-state index is 13.6. The highest BCUT2D eigenvalue weighted by Gasteiger charge is 2.41. The number of benzene rings is 2. The second-order valence-electron chi connectivity index (χ2n) is 7.57. The van der Waals surface area contributed by atoms with Crippen molar-refractivity contribution >= 4 is 33.3 Å². The molecular formula is C25H19BrFN3OS. The standard InChI is InChI=1S/C25H19BrFN3OS/c26-19-14-17(27)9-10-18(19)21-11-12-22(31-21)24-23(20-8-4-5-13-28-20)29-25(32)30(24)15-16-6-2-1-3-7-16/h1-14,23-24H,15H2,(H,29,32)/t23-,24+/m0/s1. The molecule has 7 heteroatoms. The average molecular weight is 508 g/mol. The number of thiocarbonyl (C=S) groups is 1. The van der Waals surface area contributed by atoms with Gasteiger partial charge in [0.05, 0.1) is 11.7 Å². The molecule has 3 heterocycles. The van der Waals surface area contributed by atoms with Gasteiger partial charge in [-0.05, 0) is 76.2 Å². The van der Waals surface area contributed by atoms with E-state index in [0.29, 0.717) is 21.9 Å². The van der Waals surface area contributed by atoms with Crippen LogP contribution in [0.1, 0.15) is 29.1 Å². The molecule has 0 unspecified atom stereocenters. The largest absolute Gasteiger partial charge is 0.459 e. The zero-order valence-corrected chi connectivity index (χ0v) is 19.3. The summed E-state index contributed by atoms with van der Waals surface area (Å²) < 4.78 is 20.5. The van der Waals surface area contributed by atoms with Crippen molar-refractivity contribution in [2.24, 2.45) is 0 Å². The summed E-state index contributed by atoms with van der Waals surface area (Å²) in [5.41, 5.74) is 2.82. The van der Waals surface area contributed by atoms with Crippen LogP contribution in [0.5, 0.6) is 0 Å². The van der Waals surface area contributed by atoms with E-state index in [-0.39, 0.29) is 17.9 Å². The number of halogens is 2. The van der Waals surface area contributed by atoms with Crippen LogP contribution in [0.25, 0.3) is 11.3 Å². The van der Waals surface area contributed by atoms with Crippen LogP contribution in [0.15, 0.2) is 93.9 Å². The Morgan fingerprint density at radius 2 is 1.84 bits per heavy atom. The second-order valence-corrected chi connectivity index (χ2v) is 8.81. The van der Waals surface area contributed by atoms with Crippen LogP contribution >= 0.6 is 28.1 Å². The number of hydrogen-bond acceptors (Lipinski definition) is 3. The van der Waals surface area contributed by atoms with Crippen molar-refractivity contribution in [1.29, 1.82) is 0 Å². The van der Waals surface area contributed by atoms with Crippen LogP contribution in [0, 0.1) is 5.82 Å². The smallest absolute Gasteiger partial charge is 0.170 e. The Bertz CT molecular complexity index is 1250. The predicted molar refractivity (Wildman–Crippen MR) is 129 cm³/mol. The van der Waals surface area contributed by atoms with Gasteiger partial charge in [-0.2, -0.15) is 0 Å². The fourth-order valence-corrected chi connectivity index (χ4v) is 4.86. The van der Waals surface area contributed by atoms with Crippen molar-refractivity contribution in [3.63, 3.8) is 0 Å². The molecule has 1 aliphatic heterocycles. The highest BCUT2D eigenvalue weighted by Crippen LogP contribution is 2.42. The minimum Gasteiger partial charge on any atom is -0.459 e. The topological polar surface area (TPSA) is 41.3 Å². The Balaban J connectivity index is 1.55. The molecule has 4 aromatic rings. The van der Waals surface area contributed by atoms with Crippen LogP contribution in [0.4, 0.5) is 4.39 Å². The second kappa shape index (κ2) is 8.84. The summed E-state index contributed by atoms with van der Waals surface area (Å²) in [6.45, 7) is 0.636. The molecular weight excluding hydrogens is 489 g/mol. The van der Waals surface area contributed by atoms with E-state index in [9.17, 15) is 4.39 Å². The molecule has 0 bridgehead atoms. The molecule has 5 rings (SSSR count). The molecule has 160 valence electrons. The molecule has 2 aromatic heterocycles. The molecule has 0 amide bonds. The first-order valence-corrected chi connectivity index (χ1v) is 11.4. The van der Waals surface area contributed by atoms with E-state index >= 15 is 0 Å². The summed E-state index contributed by atoms with van der Waals surface area (Å²) in [6.07, 6.45) is 1.78. The maximum absolute atomic E-state index is 13.6. The predicted octanol–water partition coefficient (Wildman–Crippen LogP) is 6.42. The first-order chi connectivity index (χ1) is 15.6. The van der Waals surface area contributed by atoms with Gasteiger partial charge in [-0.25, -0.2) is 4.39 Å². The van der Waals surface area contributed by atoms with E-state index in [4.69, 9.17) is 16.6 Å². The third-order valence-corrected chi connectivity index (χ3v) is 6.52. The van der Waals surface area contributed by atoms with Gasteiger partial charge in [0.1, 0.15) is 23.4 Å². The SMILES string of the molecule is Fc1ccc(-c2ccc([C@@H]3[C@H](c4ccccn4)NC(=S)N3Cc3ccccc3)o2)c(Br)c1. The third-order valence-electron chi connectivity index (χ3n) is 5.51. The molecule has 1 aliphatic rings. The highest BCUT2D eigenvalue weighted by atomic mass is 79.9. The summed E-state index contributed by atoms with van der Waals surface area (Å²) in [5, 5.41) is 4.08. The quantitative estimate of drug-likeness (QED) is 0.316. The average Bonchev–Trinajstić information content (AvgIpc) is 3.40. The van der Waals surface area contributed by atoms with Gasteiger partial charge in [0.2, 0.25) is 0 Å². The first-order valence-electron chi connectivity index (χ1n) is 10.2.